The van der Waals surface area contributed by atoms with Crippen molar-refractivity contribution in [2.75, 3.05) is 6.54 Å². The van der Waals surface area contributed by atoms with Crippen LogP contribution in [0, 0.1) is 0 Å². The Hall–Kier alpha value is -3.06. The average Bonchev–Trinajstić information content (AvgIpc) is 2.97. The molecule has 0 fully saturated rings. The molecule has 1 aliphatic rings. The predicted octanol–water partition coefficient (Wildman–Crippen LogP) is 2.13. The summed E-state index contributed by atoms with van der Waals surface area (Å²) in [6, 6.07) is 8.11. The number of imide groups is 1. The van der Waals surface area contributed by atoms with E-state index in [0.29, 0.717) is 30.5 Å². The molecule has 3 amide bonds. The number of hydrogen-bond donors (Lipinski definition) is 2. The molecule has 0 aliphatic carbocycles. The number of benzene rings is 1. The van der Waals surface area contributed by atoms with E-state index in [1.54, 1.807) is 36.7 Å². The number of pyridine rings is 1. The van der Waals surface area contributed by atoms with Gasteiger partial charge in [-0.2, -0.15) is 0 Å². The van der Waals surface area contributed by atoms with E-state index in [-0.39, 0.29) is 23.9 Å². The molecular weight excluding hydrogens is 356 g/mol. The summed E-state index contributed by atoms with van der Waals surface area (Å²) in [5.41, 5.74) is 7.07. The SMILES string of the molecule is CCC(CC)(CN)NC(=O)c1ccc2c(c1)C(=O)N(Cc1ccncc1)C2=O. The van der Waals surface area contributed by atoms with Gasteiger partial charge >= 0.3 is 0 Å². The fourth-order valence-corrected chi connectivity index (χ4v) is 3.33. The standard InChI is InChI=1S/C21H24N4O3/c1-3-21(4-2,13-22)24-18(26)15-5-6-16-17(11-15)20(28)25(19(16)27)12-14-7-9-23-10-8-14/h5-11H,3-4,12-13,22H2,1-2H3,(H,24,26). The molecule has 28 heavy (non-hydrogen) atoms. The van der Waals surface area contributed by atoms with Gasteiger partial charge in [0, 0.05) is 24.5 Å². The van der Waals surface area contributed by atoms with E-state index in [1.807, 2.05) is 13.8 Å². The maximum atomic E-state index is 12.8. The zero-order valence-electron chi connectivity index (χ0n) is 16.1. The molecule has 2 heterocycles. The second kappa shape index (κ2) is 7.90. The van der Waals surface area contributed by atoms with Crippen LogP contribution in [0.5, 0.6) is 0 Å². The van der Waals surface area contributed by atoms with Crippen molar-refractivity contribution in [3.63, 3.8) is 0 Å². The molecule has 0 atom stereocenters. The highest BCUT2D eigenvalue weighted by Crippen LogP contribution is 2.26. The molecule has 7 nitrogen and oxygen atoms in total. The number of aromatic nitrogens is 1. The van der Waals surface area contributed by atoms with Crippen molar-refractivity contribution < 1.29 is 14.4 Å². The summed E-state index contributed by atoms with van der Waals surface area (Å²) >= 11 is 0. The minimum Gasteiger partial charge on any atom is -0.345 e. The third-order valence-corrected chi connectivity index (χ3v) is 5.45. The van der Waals surface area contributed by atoms with Crippen LogP contribution < -0.4 is 11.1 Å². The van der Waals surface area contributed by atoms with Gasteiger partial charge in [-0.3, -0.25) is 24.3 Å². The Morgan fingerprint density at radius 2 is 1.71 bits per heavy atom. The molecule has 0 spiro atoms. The fraction of sp³-hybridized carbons (Fsp3) is 0.333. The van der Waals surface area contributed by atoms with Gasteiger partial charge in [0.15, 0.2) is 0 Å². The van der Waals surface area contributed by atoms with Crippen molar-refractivity contribution in [1.82, 2.24) is 15.2 Å². The Balaban J connectivity index is 1.84. The number of nitrogens with zero attached hydrogens (tertiary/aromatic N) is 2. The molecule has 3 N–H and O–H groups in total. The predicted molar refractivity (Wildman–Crippen MR) is 105 cm³/mol. The van der Waals surface area contributed by atoms with Crippen LogP contribution in [0.25, 0.3) is 0 Å². The molecule has 0 saturated heterocycles. The smallest absolute Gasteiger partial charge is 0.261 e. The Kier molecular flexibility index (Phi) is 5.56. The molecule has 7 heteroatoms. The van der Waals surface area contributed by atoms with Gasteiger partial charge in [0.2, 0.25) is 0 Å². The molecule has 0 bridgehead atoms. The van der Waals surface area contributed by atoms with Crippen molar-refractivity contribution in [3.05, 3.63) is 65.0 Å². The second-order valence-electron chi connectivity index (χ2n) is 6.96. The zero-order chi connectivity index (χ0) is 20.3. The highest BCUT2D eigenvalue weighted by Gasteiger charge is 2.36. The number of rotatable bonds is 7. The van der Waals surface area contributed by atoms with Gasteiger partial charge in [-0.15, -0.1) is 0 Å². The van der Waals surface area contributed by atoms with Crippen LogP contribution in [0.1, 0.15) is 63.3 Å². The molecular formula is C21H24N4O3. The number of carbonyl (C=O) groups is 3. The van der Waals surface area contributed by atoms with Gasteiger partial charge in [0.1, 0.15) is 0 Å². The Bertz CT molecular complexity index is 899. The first-order valence-corrected chi connectivity index (χ1v) is 9.36. The van der Waals surface area contributed by atoms with Crippen LogP contribution in [-0.2, 0) is 6.54 Å². The van der Waals surface area contributed by atoms with E-state index in [2.05, 4.69) is 10.3 Å². The van der Waals surface area contributed by atoms with Crippen molar-refractivity contribution in [3.8, 4) is 0 Å². The second-order valence-corrected chi connectivity index (χ2v) is 6.96. The normalized spacial score (nSPS) is 13.6. The topological polar surface area (TPSA) is 105 Å². The van der Waals surface area contributed by atoms with Crippen molar-refractivity contribution >= 4 is 17.7 Å². The molecule has 1 aromatic heterocycles. The quantitative estimate of drug-likeness (QED) is 0.716. The maximum Gasteiger partial charge on any atom is 0.261 e. The number of fused-ring (bicyclic) bond motifs is 1. The molecule has 1 aliphatic heterocycles. The summed E-state index contributed by atoms with van der Waals surface area (Å²) in [4.78, 5) is 43.2. The number of amides is 3. The summed E-state index contributed by atoms with van der Waals surface area (Å²) in [5, 5.41) is 2.98. The van der Waals surface area contributed by atoms with Crippen molar-refractivity contribution in [1.29, 1.82) is 0 Å². The summed E-state index contributed by atoms with van der Waals surface area (Å²) < 4.78 is 0. The van der Waals surface area contributed by atoms with Crippen LogP contribution in [-0.4, -0.2) is 39.7 Å². The van der Waals surface area contributed by atoms with Gasteiger partial charge < -0.3 is 11.1 Å². The minimum atomic E-state index is -0.483. The Morgan fingerprint density at radius 3 is 2.32 bits per heavy atom. The number of nitrogens with two attached hydrogens (primary N) is 1. The van der Waals surface area contributed by atoms with Crippen molar-refractivity contribution in [2.24, 2.45) is 5.73 Å². The van der Waals surface area contributed by atoms with Crippen LogP contribution in [0.2, 0.25) is 0 Å². The zero-order valence-corrected chi connectivity index (χ0v) is 16.1. The summed E-state index contributed by atoms with van der Waals surface area (Å²) in [6.45, 7) is 4.43. The Labute approximate surface area is 163 Å². The van der Waals surface area contributed by atoms with E-state index in [0.717, 1.165) is 5.56 Å². The Morgan fingerprint density at radius 1 is 1.07 bits per heavy atom. The van der Waals surface area contributed by atoms with Crippen molar-refractivity contribution in [2.45, 2.75) is 38.8 Å². The van der Waals surface area contributed by atoms with Gasteiger partial charge in [0.05, 0.1) is 23.2 Å². The van der Waals surface area contributed by atoms with E-state index in [4.69, 9.17) is 5.73 Å². The molecule has 3 rings (SSSR count). The lowest BCUT2D eigenvalue weighted by molar-refractivity contribution is 0.0642. The summed E-state index contributed by atoms with van der Waals surface area (Å²) in [6.07, 6.45) is 4.63. The molecule has 1 aromatic carbocycles. The van der Waals surface area contributed by atoms with E-state index >= 15 is 0 Å². The van der Waals surface area contributed by atoms with Gasteiger partial charge in [-0.1, -0.05) is 13.8 Å². The lowest BCUT2D eigenvalue weighted by Crippen LogP contribution is -2.52. The lowest BCUT2D eigenvalue weighted by atomic mass is 9.92. The number of carbonyl (C=O) groups excluding carboxylic acids is 3. The average molecular weight is 380 g/mol. The molecule has 0 unspecified atom stereocenters. The van der Waals surface area contributed by atoms with Gasteiger partial charge in [-0.05, 0) is 48.7 Å². The minimum absolute atomic E-state index is 0.165. The largest absolute Gasteiger partial charge is 0.345 e. The molecule has 146 valence electrons. The van der Waals surface area contributed by atoms with Gasteiger partial charge in [0.25, 0.3) is 17.7 Å². The number of hydrogen-bond acceptors (Lipinski definition) is 5. The van der Waals surface area contributed by atoms with Gasteiger partial charge in [-0.25, -0.2) is 0 Å². The first-order chi connectivity index (χ1) is 13.4. The molecule has 0 saturated carbocycles. The fourth-order valence-electron chi connectivity index (χ4n) is 3.33. The van der Waals surface area contributed by atoms with Crippen LogP contribution in [0.4, 0.5) is 0 Å². The third-order valence-electron chi connectivity index (χ3n) is 5.45. The molecule has 2 aromatic rings. The van der Waals surface area contributed by atoms with Crippen LogP contribution in [0.15, 0.2) is 42.7 Å². The third kappa shape index (κ3) is 3.53. The van der Waals surface area contributed by atoms with E-state index in [1.165, 1.54) is 11.0 Å². The van der Waals surface area contributed by atoms with Crippen LogP contribution >= 0.6 is 0 Å². The maximum absolute atomic E-state index is 12.8. The number of nitrogens with one attached hydrogen (secondary N) is 1. The summed E-state index contributed by atoms with van der Waals surface area (Å²) in [7, 11) is 0. The lowest BCUT2D eigenvalue weighted by Gasteiger charge is -2.31. The van der Waals surface area contributed by atoms with Crippen LogP contribution in [0.3, 0.4) is 0 Å². The highest BCUT2D eigenvalue weighted by atomic mass is 16.2. The first kappa shape index (κ1) is 19.7. The molecule has 0 radical (unpaired) electrons. The summed E-state index contributed by atoms with van der Waals surface area (Å²) in [5.74, 6) is -1.06. The first-order valence-electron chi connectivity index (χ1n) is 9.36. The highest BCUT2D eigenvalue weighted by molar-refractivity contribution is 6.22. The van der Waals surface area contributed by atoms with E-state index < -0.39 is 11.4 Å². The van der Waals surface area contributed by atoms with E-state index in [9.17, 15) is 14.4 Å². The monoisotopic (exact) mass is 380 g/mol.